The lowest BCUT2D eigenvalue weighted by Gasteiger charge is -2.06. The zero-order valence-corrected chi connectivity index (χ0v) is 15.1. The zero-order chi connectivity index (χ0) is 18.9. The molecule has 0 aromatic heterocycles. The lowest BCUT2D eigenvalue weighted by molar-refractivity contribution is -0.134. The van der Waals surface area contributed by atoms with Crippen LogP contribution in [0.3, 0.4) is 0 Å². The third-order valence-electron chi connectivity index (χ3n) is 3.78. The Kier molecular flexibility index (Phi) is 7.09. The molecule has 0 saturated heterocycles. The van der Waals surface area contributed by atoms with E-state index in [-0.39, 0.29) is 24.5 Å². The molecule has 0 aliphatic rings. The standard InChI is InChI=1S/C21H23NO4/c1-3-4-16-5-7-17(8-6-16)20(24)13-14-21(25)26-19-11-9-18(10-12-19)22-15(2)23/h5-12H,3-4,13-14H2,1-2H3,(H,22,23). The van der Waals surface area contributed by atoms with E-state index in [2.05, 4.69) is 12.2 Å². The molecule has 0 aliphatic heterocycles. The second-order valence-electron chi connectivity index (χ2n) is 6.05. The molecule has 0 saturated carbocycles. The quantitative estimate of drug-likeness (QED) is 0.439. The predicted molar refractivity (Wildman–Crippen MR) is 100 cm³/mol. The molecule has 0 spiro atoms. The molecule has 0 fully saturated rings. The molecule has 136 valence electrons. The Hall–Kier alpha value is -2.95. The number of carbonyl (C=O) groups excluding carboxylic acids is 3. The Morgan fingerprint density at radius 3 is 2.15 bits per heavy atom. The van der Waals surface area contributed by atoms with Crippen LogP contribution in [0, 0.1) is 0 Å². The monoisotopic (exact) mass is 353 g/mol. The van der Waals surface area contributed by atoms with Crippen molar-refractivity contribution >= 4 is 23.3 Å². The van der Waals surface area contributed by atoms with E-state index in [1.165, 1.54) is 12.5 Å². The van der Waals surface area contributed by atoms with Gasteiger partial charge >= 0.3 is 5.97 Å². The van der Waals surface area contributed by atoms with E-state index < -0.39 is 5.97 Å². The maximum atomic E-state index is 12.2. The van der Waals surface area contributed by atoms with E-state index in [9.17, 15) is 14.4 Å². The fourth-order valence-corrected chi connectivity index (χ4v) is 2.50. The maximum Gasteiger partial charge on any atom is 0.311 e. The lowest BCUT2D eigenvalue weighted by atomic mass is 10.0. The molecule has 0 radical (unpaired) electrons. The molecule has 5 nitrogen and oxygen atoms in total. The first kappa shape index (κ1) is 19.4. The van der Waals surface area contributed by atoms with Gasteiger partial charge < -0.3 is 10.1 Å². The number of benzene rings is 2. The molecule has 0 bridgehead atoms. The summed E-state index contributed by atoms with van der Waals surface area (Å²) < 4.78 is 5.21. The lowest BCUT2D eigenvalue weighted by Crippen LogP contribution is -2.11. The molecule has 0 atom stereocenters. The molecular formula is C21H23NO4. The number of carbonyl (C=O) groups is 3. The summed E-state index contributed by atoms with van der Waals surface area (Å²) in [6, 6.07) is 14.0. The highest BCUT2D eigenvalue weighted by atomic mass is 16.5. The van der Waals surface area contributed by atoms with Crippen LogP contribution in [0.4, 0.5) is 5.69 Å². The number of ether oxygens (including phenoxy) is 1. The smallest absolute Gasteiger partial charge is 0.311 e. The Labute approximate surface area is 153 Å². The van der Waals surface area contributed by atoms with Crippen LogP contribution in [-0.4, -0.2) is 17.7 Å². The number of aryl methyl sites for hydroxylation is 1. The number of esters is 1. The van der Waals surface area contributed by atoms with E-state index in [1.54, 1.807) is 36.4 Å². The van der Waals surface area contributed by atoms with Gasteiger partial charge in [-0.05, 0) is 36.2 Å². The van der Waals surface area contributed by atoms with E-state index in [0.717, 1.165) is 12.8 Å². The van der Waals surface area contributed by atoms with Gasteiger partial charge in [-0.25, -0.2) is 0 Å². The summed E-state index contributed by atoms with van der Waals surface area (Å²) in [6.45, 7) is 3.53. The van der Waals surface area contributed by atoms with Crippen molar-refractivity contribution in [3.63, 3.8) is 0 Å². The number of amides is 1. The zero-order valence-electron chi connectivity index (χ0n) is 15.1. The van der Waals surface area contributed by atoms with Gasteiger partial charge in [0, 0.05) is 24.6 Å². The Bertz CT molecular complexity index is 764. The normalized spacial score (nSPS) is 10.2. The number of rotatable bonds is 8. The SMILES string of the molecule is CCCc1ccc(C(=O)CCC(=O)Oc2ccc(NC(C)=O)cc2)cc1. The summed E-state index contributed by atoms with van der Waals surface area (Å²) in [5, 5.41) is 2.63. The average molecular weight is 353 g/mol. The van der Waals surface area contributed by atoms with Gasteiger partial charge in [0.25, 0.3) is 0 Å². The minimum atomic E-state index is -0.465. The van der Waals surface area contributed by atoms with E-state index >= 15 is 0 Å². The molecule has 0 heterocycles. The van der Waals surface area contributed by atoms with Gasteiger partial charge in [-0.1, -0.05) is 37.6 Å². The highest BCUT2D eigenvalue weighted by molar-refractivity contribution is 5.97. The molecular weight excluding hydrogens is 330 g/mol. The molecule has 2 rings (SSSR count). The van der Waals surface area contributed by atoms with E-state index in [1.807, 2.05) is 12.1 Å². The number of nitrogens with one attached hydrogen (secondary N) is 1. The highest BCUT2D eigenvalue weighted by Gasteiger charge is 2.11. The Balaban J connectivity index is 1.82. The van der Waals surface area contributed by atoms with Crippen molar-refractivity contribution in [2.45, 2.75) is 39.5 Å². The highest BCUT2D eigenvalue weighted by Crippen LogP contribution is 2.17. The van der Waals surface area contributed by atoms with Gasteiger partial charge in [0.05, 0.1) is 6.42 Å². The van der Waals surface area contributed by atoms with Gasteiger partial charge in [-0.3, -0.25) is 14.4 Å². The van der Waals surface area contributed by atoms with E-state index in [0.29, 0.717) is 17.0 Å². The van der Waals surface area contributed by atoms with Crippen LogP contribution in [0.5, 0.6) is 5.75 Å². The Morgan fingerprint density at radius 2 is 1.58 bits per heavy atom. The van der Waals surface area contributed by atoms with Gasteiger partial charge in [0.2, 0.25) is 5.91 Å². The van der Waals surface area contributed by atoms with Crippen molar-refractivity contribution in [2.24, 2.45) is 0 Å². The number of ketones is 1. The summed E-state index contributed by atoms with van der Waals surface area (Å²) in [7, 11) is 0. The van der Waals surface area contributed by atoms with Crippen molar-refractivity contribution in [2.75, 3.05) is 5.32 Å². The molecule has 2 aromatic rings. The number of hydrogen-bond acceptors (Lipinski definition) is 4. The summed E-state index contributed by atoms with van der Waals surface area (Å²) >= 11 is 0. The van der Waals surface area contributed by atoms with Crippen molar-refractivity contribution in [3.8, 4) is 5.75 Å². The second kappa shape index (κ2) is 9.51. The van der Waals surface area contributed by atoms with Crippen LogP contribution in [0.25, 0.3) is 0 Å². The first-order valence-electron chi connectivity index (χ1n) is 8.68. The van der Waals surface area contributed by atoms with Crippen LogP contribution in [0.2, 0.25) is 0 Å². The minimum absolute atomic E-state index is 0.0169. The topological polar surface area (TPSA) is 72.5 Å². The summed E-state index contributed by atoms with van der Waals surface area (Å²) in [5.74, 6) is -0.337. The fraction of sp³-hybridized carbons (Fsp3) is 0.286. The van der Waals surface area contributed by atoms with Crippen LogP contribution >= 0.6 is 0 Å². The van der Waals surface area contributed by atoms with Crippen LogP contribution in [-0.2, 0) is 16.0 Å². The van der Waals surface area contributed by atoms with Crippen LogP contribution < -0.4 is 10.1 Å². The van der Waals surface area contributed by atoms with Gasteiger partial charge in [0.1, 0.15) is 5.75 Å². The first-order chi connectivity index (χ1) is 12.5. The number of hydrogen-bond donors (Lipinski definition) is 1. The van der Waals surface area contributed by atoms with Crippen molar-refractivity contribution < 1.29 is 19.1 Å². The average Bonchev–Trinajstić information content (AvgIpc) is 2.62. The van der Waals surface area contributed by atoms with Crippen molar-refractivity contribution in [1.29, 1.82) is 0 Å². The van der Waals surface area contributed by atoms with Gasteiger partial charge in [0.15, 0.2) is 5.78 Å². The van der Waals surface area contributed by atoms with Crippen molar-refractivity contribution in [3.05, 3.63) is 59.7 Å². The molecule has 5 heteroatoms. The number of anilines is 1. The molecule has 2 aromatic carbocycles. The predicted octanol–water partition coefficient (Wildman–Crippen LogP) is 4.17. The summed E-state index contributed by atoms with van der Waals surface area (Å²) in [6.07, 6.45) is 2.17. The fourth-order valence-electron chi connectivity index (χ4n) is 2.50. The molecule has 1 amide bonds. The van der Waals surface area contributed by atoms with E-state index in [4.69, 9.17) is 4.74 Å². The third-order valence-corrected chi connectivity index (χ3v) is 3.78. The minimum Gasteiger partial charge on any atom is -0.427 e. The van der Waals surface area contributed by atoms with Crippen LogP contribution in [0.1, 0.15) is 49.0 Å². The van der Waals surface area contributed by atoms with Crippen LogP contribution in [0.15, 0.2) is 48.5 Å². The van der Waals surface area contributed by atoms with Crippen molar-refractivity contribution in [1.82, 2.24) is 0 Å². The maximum absolute atomic E-state index is 12.2. The molecule has 1 N–H and O–H groups in total. The molecule has 26 heavy (non-hydrogen) atoms. The first-order valence-corrected chi connectivity index (χ1v) is 8.68. The number of Topliss-reactive ketones (excluding diaryl/α,β-unsaturated/α-hetero) is 1. The molecule has 0 aliphatic carbocycles. The largest absolute Gasteiger partial charge is 0.427 e. The third kappa shape index (κ3) is 6.16. The summed E-state index contributed by atoms with van der Waals surface area (Å²) in [5.41, 5.74) is 2.43. The second-order valence-corrected chi connectivity index (χ2v) is 6.05. The molecule has 0 unspecified atom stereocenters. The summed E-state index contributed by atoms with van der Waals surface area (Å²) in [4.78, 5) is 35.0. The Morgan fingerprint density at radius 1 is 0.923 bits per heavy atom. The van der Waals surface area contributed by atoms with Gasteiger partial charge in [-0.2, -0.15) is 0 Å². The van der Waals surface area contributed by atoms with Gasteiger partial charge in [-0.15, -0.1) is 0 Å².